The summed E-state index contributed by atoms with van der Waals surface area (Å²) >= 11 is 5.69. The molecule has 3 aromatic rings. The van der Waals surface area contributed by atoms with Crippen LogP contribution in [0.25, 0.3) is 0 Å². The number of aromatic nitrogens is 1. The maximum atomic E-state index is 13.9. The minimum absolute atomic E-state index is 0.00202. The summed E-state index contributed by atoms with van der Waals surface area (Å²) in [4.78, 5) is 29.1. The van der Waals surface area contributed by atoms with Gasteiger partial charge in [0, 0.05) is 11.8 Å². The highest BCUT2D eigenvalue weighted by Gasteiger charge is 2.26. The number of hydrogen-bond acceptors (Lipinski definition) is 5. The number of pyridine rings is 1. The van der Waals surface area contributed by atoms with Gasteiger partial charge in [-0.15, -0.1) is 0 Å². The highest BCUT2D eigenvalue weighted by molar-refractivity contribution is 6.30. The van der Waals surface area contributed by atoms with Gasteiger partial charge in [0.25, 0.3) is 5.91 Å². The van der Waals surface area contributed by atoms with Crippen molar-refractivity contribution >= 4 is 23.5 Å². The predicted octanol–water partition coefficient (Wildman–Crippen LogP) is 4.24. The third-order valence-electron chi connectivity index (χ3n) is 4.33. The molecular weight excluding hydrogens is 430 g/mol. The van der Waals surface area contributed by atoms with Crippen molar-refractivity contribution in [1.82, 2.24) is 10.3 Å². The molecule has 0 aliphatic carbocycles. The number of hydrogen-bond donors (Lipinski definition) is 1. The number of nitrogens with zero attached hydrogens (tertiary/aromatic N) is 1. The molecule has 1 amide bonds. The van der Waals surface area contributed by atoms with Gasteiger partial charge in [-0.3, -0.25) is 4.79 Å². The van der Waals surface area contributed by atoms with Gasteiger partial charge in [0.1, 0.15) is 23.8 Å². The van der Waals surface area contributed by atoms with Crippen LogP contribution in [0, 0.1) is 11.6 Å². The van der Waals surface area contributed by atoms with E-state index in [0.717, 1.165) is 13.2 Å². The lowest BCUT2D eigenvalue weighted by Gasteiger charge is -2.18. The molecular formula is C22H17ClF2N2O4. The van der Waals surface area contributed by atoms with Crippen LogP contribution in [-0.4, -0.2) is 24.0 Å². The summed E-state index contributed by atoms with van der Waals surface area (Å²) in [5.41, 5.74) is 0.422. The molecule has 0 saturated heterocycles. The Morgan fingerprint density at radius 3 is 2.58 bits per heavy atom. The number of halogens is 3. The van der Waals surface area contributed by atoms with Crippen molar-refractivity contribution in [3.8, 4) is 5.88 Å². The Morgan fingerprint density at radius 1 is 1.10 bits per heavy atom. The van der Waals surface area contributed by atoms with Crippen molar-refractivity contribution in [2.75, 3.05) is 7.11 Å². The first-order chi connectivity index (χ1) is 14.9. The van der Waals surface area contributed by atoms with Gasteiger partial charge in [0.2, 0.25) is 5.88 Å². The highest BCUT2D eigenvalue weighted by atomic mass is 35.5. The van der Waals surface area contributed by atoms with E-state index in [1.807, 2.05) is 0 Å². The van der Waals surface area contributed by atoms with E-state index in [4.69, 9.17) is 21.1 Å². The topological polar surface area (TPSA) is 77.5 Å². The fourth-order valence-corrected chi connectivity index (χ4v) is 2.85. The smallest absolute Gasteiger partial charge is 0.333 e. The molecule has 0 fully saturated rings. The van der Waals surface area contributed by atoms with E-state index in [1.54, 1.807) is 18.2 Å². The Morgan fingerprint density at radius 2 is 1.87 bits per heavy atom. The number of carbonyl (C=O) groups excluding carboxylic acids is 2. The maximum absolute atomic E-state index is 13.9. The minimum atomic E-state index is -1.30. The van der Waals surface area contributed by atoms with Crippen LogP contribution < -0.4 is 10.1 Å². The lowest BCUT2D eigenvalue weighted by molar-refractivity contribution is -0.143. The molecule has 0 bridgehead atoms. The summed E-state index contributed by atoms with van der Waals surface area (Å²) in [6, 6.07) is 11.3. The number of methoxy groups -OCH3 is 1. The predicted molar refractivity (Wildman–Crippen MR) is 109 cm³/mol. The summed E-state index contributed by atoms with van der Waals surface area (Å²) in [6.45, 7) is -0.160. The maximum Gasteiger partial charge on any atom is 0.333 e. The summed E-state index contributed by atoms with van der Waals surface area (Å²) in [5, 5.41) is 2.35. The third-order valence-corrected chi connectivity index (χ3v) is 4.63. The molecule has 6 nitrogen and oxygen atoms in total. The Balaban J connectivity index is 1.83. The normalized spacial score (nSPS) is 11.5. The molecule has 0 aliphatic rings. The van der Waals surface area contributed by atoms with Crippen molar-refractivity contribution < 1.29 is 27.8 Å². The quantitative estimate of drug-likeness (QED) is 0.549. The van der Waals surface area contributed by atoms with E-state index in [0.29, 0.717) is 0 Å². The Kier molecular flexibility index (Phi) is 7.15. The van der Waals surface area contributed by atoms with Gasteiger partial charge >= 0.3 is 5.97 Å². The SMILES string of the molecule is COC(=O)C(NC(=O)c1cccnc1OCc1ccccc1F)c1ccc(Cl)c(F)c1. The zero-order valence-corrected chi connectivity index (χ0v) is 17.0. The van der Waals surface area contributed by atoms with Gasteiger partial charge in [-0.1, -0.05) is 35.9 Å². The number of ether oxygens (including phenoxy) is 2. The zero-order chi connectivity index (χ0) is 22.4. The summed E-state index contributed by atoms with van der Waals surface area (Å²) in [6.07, 6.45) is 1.40. The summed E-state index contributed by atoms with van der Waals surface area (Å²) in [7, 11) is 1.14. The second-order valence-electron chi connectivity index (χ2n) is 6.34. The molecule has 0 aliphatic heterocycles. The standard InChI is InChI=1S/C22H17ClF2N2O4/c1-30-22(29)19(13-8-9-16(23)18(25)11-13)27-20(28)15-6-4-10-26-21(15)31-12-14-5-2-3-7-17(14)24/h2-11,19H,12H2,1H3,(H,27,28). The molecule has 31 heavy (non-hydrogen) atoms. The van der Waals surface area contributed by atoms with Crippen molar-refractivity contribution in [3.63, 3.8) is 0 Å². The Bertz CT molecular complexity index is 1110. The van der Waals surface area contributed by atoms with Crippen LogP contribution in [0.3, 0.4) is 0 Å². The van der Waals surface area contributed by atoms with Crippen LogP contribution in [0.2, 0.25) is 5.02 Å². The second-order valence-corrected chi connectivity index (χ2v) is 6.75. The van der Waals surface area contributed by atoms with Crippen LogP contribution in [0.15, 0.2) is 60.8 Å². The Labute approximate surface area is 181 Å². The lowest BCUT2D eigenvalue weighted by atomic mass is 10.1. The van der Waals surface area contributed by atoms with Crippen molar-refractivity contribution in [2.45, 2.75) is 12.6 Å². The van der Waals surface area contributed by atoms with Gasteiger partial charge in [-0.05, 0) is 35.9 Å². The largest absolute Gasteiger partial charge is 0.472 e. The minimum Gasteiger partial charge on any atom is -0.472 e. The Hall–Kier alpha value is -3.52. The molecule has 1 N–H and O–H groups in total. The molecule has 1 heterocycles. The zero-order valence-electron chi connectivity index (χ0n) is 16.3. The summed E-state index contributed by atoms with van der Waals surface area (Å²) in [5.74, 6) is -2.80. The molecule has 3 rings (SSSR count). The second kappa shape index (κ2) is 9.99. The fourth-order valence-electron chi connectivity index (χ4n) is 2.74. The molecule has 2 aromatic carbocycles. The fraction of sp³-hybridized carbons (Fsp3) is 0.136. The van der Waals surface area contributed by atoms with Gasteiger partial charge in [0.05, 0.1) is 12.1 Å². The van der Waals surface area contributed by atoms with Gasteiger partial charge in [0.15, 0.2) is 6.04 Å². The number of benzene rings is 2. The molecule has 1 aromatic heterocycles. The first-order valence-corrected chi connectivity index (χ1v) is 9.43. The third kappa shape index (κ3) is 5.35. The van der Waals surface area contributed by atoms with Gasteiger partial charge in [-0.2, -0.15) is 0 Å². The van der Waals surface area contributed by atoms with E-state index in [-0.39, 0.29) is 34.2 Å². The van der Waals surface area contributed by atoms with Crippen LogP contribution in [0.5, 0.6) is 5.88 Å². The van der Waals surface area contributed by atoms with E-state index in [2.05, 4.69) is 10.3 Å². The average Bonchev–Trinajstić information content (AvgIpc) is 2.78. The monoisotopic (exact) mass is 446 g/mol. The lowest BCUT2D eigenvalue weighted by Crippen LogP contribution is -2.35. The number of esters is 1. The molecule has 0 saturated carbocycles. The number of rotatable bonds is 7. The van der Waals surface area contributed by atoms with Crippen molar-refractivity contribution in [2.24, 2.45) is 0 Å². The number of carbonyl (C=O) groups is 2. The van der Waals surface area contributed by atoms with Crippen LogP contribution in [0.4, 0.5) is 8.78 Å². The van der Waals surface area contributed by atoms with E-state index in [1.165, 1.54) is 36.5 Å². The van der Waals surface area contributed by atoms with E-state index >= 15 is 0 Å². The van der Waals surface area contributed by atoms with E-state index in [9.17, 15) is 18.4 Å². The molecule has 0 radical (unpaired) electrons. The van der Waals surface area contributed by atoms with Gasteiger partial charge in [-0.25, -0.2) is 18.6 Å². The first kappa shape index (κ1) is 22.2. The number of amides is 1. The van der Waals surface area contributed by atoms with Crippen LogP contribution in [-0.2, 0) is 16.1 Å². The van der Waals surface area contributed by atoms with Gasteiger partial charge < -0.3 is 14.8 Å². The van der Waals surface area contributed by atoms with Crippen molar-refractivity contribution in [3.05, 3.63) is 94.1 Å². The number of nitrogens with one attached hydrogen (secondary N) is 1. The summed E-state index contributed by atoms with van der Waals surface area (Å²) < 4.78 is 38.0. The van der Waals surface area contributed by atoms with E-state index < -0.39 is 29.6 Å². The molecule has 9 heteroatoms. The molecule has 1 atom stereocenters. The van der Waals surface area contributed by atoms with Crippen LogP contribution >= 0.6 is 11.6 Å². The molecule has 160 valence electrons. The molecule has 0 spiro atoms. The highest BCUT2D eigenvalue weighted by Crippen LogP contribution is 2.23. The average molecular weight is 447 g/mol. The van der Waals surface area contributed by atoms with Crippen LogP contribution in [0.1, 0.15) is 27.5 Å². The van der Waals surface area contributed by atoms with Crippen molar-refractivity contribution in [1.29, 1.82) is 0 Å². The molecule has 1 unspecified atom stereocenters. The first-order valence-electron chi connectivity index (χ1n) is 9.05.